The highest BCUT2D eigenvalue weighted by Gasteiger charge is 2.32. The van der Waals surface area contributed by atoms with Gasteiger partial charge in [0.25, 0.3) is 10.0 Å². The topological polar surface area (TPSA) is 84.5 Å². The van der Waals surface area contributed by atoms with Crippen LogP contribution in [-0.2, 0) is 14.8 Å². The molecule has 1 heterocycles. The van der Waals surface area contributed by atoms with E-state index in [9.17, 15) is 13.2 Å². The van der Waals surface area contributed by atoms with Gasteiger partial charge in [-0.3, -0.25) is 9.52 Å². The lowest BCUT2D eigenvalue weighted by atomic mass is 9.94. The SMILES string of the molecule is Cc1ccc(S(=O)(=O)Nc2ccc3c(c2)NC(=O)C(C)(C)CO3)c(C)c1. The number of anilines is 2. The van der Waals surface area contributed by atoms with Gasteiger partial charge in [-0.05, 0) is 57.5 Å². The number of aryl methyl sites for hydroxylation is 2. The zero-order valence-electron chi connectivity index (χ0n) is 15.2. The number of carbonyl (C=O) groups is 1. The first-order valence-electron chi connectivity index (χ1n) is 8.27. The van der Waals surface area contributed by atoms with Gasteiger partial charge in [-0.15, -0.1) is 0 Å². The number of ether oxygens (including phenoxy) is 1. The van der Waals surface area contributed by atoms with E-state index < -0.39 is 15.4 Å². The second-order valence-electron chi connectivity index (χ2n) is 7.21. The fraction of sp³-hybridized carbons (Fsp3) is 0.316. The minimum absolute atomic E-state index is 0.175. The normalized spacial score (nSPS) is 16.1. The first-order chi connectivity index (χ1) is 12.1. The Hall–Kier alpha value is -2.54. The molecule has 26 heavy (non-hydrogen) atoms. The smallest absolute Gasteiger partial charge is 0.262 e. The molecule has 6 nitrogen and oxygen atoms in total. The van der Waals surface area contributed by atoms with Gasteiger partial charge in [0, 0.05) is 0 Å². The van der Waals surface area contributed by atoms with Gasteiger partial charge in [0.1, 0.15) is 12.4 Å². The van der Waals surface area contributed by atoms with Gasteiger partial charge < -0.3 is 10.1 Å². The number of nitrogens with one attached hydrogen (secondary N) is 2. The predicted molar refractivity (Wildman–Crippen MR) is 101 cm³/mol. The summed E-state index contributed by atoms with van der Waals surface area (Å²) in [5, 5.41) is 2.80. The number of hydrogen-bond donors (Lipinski definition) is 2. The molecule has 7 heteroatoms. The predicted octanol–water partition coefficient (Wildman–Crippen LogP) is 3.46. The number of amides is 1. The Morgan fingerprint density at radius 2 is 1.85 bits per heavy atom. The molecule has 0 spiro atoms. The van der Waals surface area contributed by atoms with Gasteiger partial charge in [-0.1, -0.05) is 17.7 Å². The molecule has 2 aromatic rings. The first-order valence-corrected chi connectivity index (χ1v) is 9.75. The van der Waals surface area contributed by atoms with Crippen molar-refractivity contribution in [2.75, 3.05) is 16.6 Å². The van der Waals surface area contributed by atoms with Gasteiger partial charge in [-0.2, -0.15) is 0 Å². The third-order valence-electron chi connectivity index (χ3n) is 4.30. The van der Waals surface area contributed by atoms with Gasteiger partial charge in [0.15, 0.2) is 0 Å². The molecule has 0 radical (unpaired) electrons. The zero-order chi connectivity index (χ0) is 19.1. The standard InChI is InChI=1S/C19H22N2O4S/c1-12-5-8-17(13(2)9-12)26(23,24)21-14-6-7-16-15(10-14)20-18(22)19(3,4)11-25-16/h5-10,21H,11H2,1-4H3,(H,20,22). The van der Waals surface area contributed by atoms with Crippen molar-refractivity contribution in [1.82, 2.24) is 0 Å². The number of rotatable bonds is 3. The highest BCUT2D eigenvalue weighted by atomic mass is 32.2. The number of carbonyl (C=O) groups excluding carboxylic acids is 1. The molecule has 0 fully saturated rings. The average Bonchev–Trinajstić information content (AvgIpc) is 2.63. The molecule has 0 unspecified atom stereocenters. The number of sulfonamides is 1. The van der Waals surface area contributed by atoms with E-state index in [1.807, 2.05) is 13.0 Å². The van der Waals surface area contributed by atoms with Crippen LogP contribution in [0, 0.1) is 19.3 Å². The second kappa shape index (κ2) is 6.32. The van der Waals surface area contributed by atoms with E-state index in [1.54, 1.807) is 51.1 Å². The van der Waals surface area contributed by atoms with Crippen LogP contribution in [0.4, 0.5) is 11.4 Å². The quantitative estimate of drug-likeness (QED) is 0.862. The number of benzene rings is 2. The zero-order valence-corrected chi connectivity index (χ0v) is 16.0. The van der Waals surface area contributed by atoms with Crippen molar-refractivity contribution in [3.63, 3.8) is 0 Å². The summed E-state index contributed by atoms with van der Waals surface area (Å²) < 4.78 is 33.7. The van der Waals surface area contributed by atoms with Crippen LogP contribution in [0.15, 0.2) is 41.3 Å². The Bertz CT molecular complexity index is 981. The molecule has 0 saturated carbocycles. The Balaban J connectivity index is 1.91. The van der Waals surface area contributed by atoms with E-state index in [0.29, 0.717) is 22.7 Å². The summed E-state index contributed by atoms with van der Waals surface area (Å²) in [6.07, 6.45) is 0. The molecule has 0 aromatic heterocycles. The molecule has 138 valence electrons. The summed E-state index contributed by atoms with van der Waals surface area (Å²) in [6.45, 7) is 7.50. The molecule has 0 bridgehead atoms. The van der Waals surface area contributed by atoms with Gasteiger partial charge in [0.2, 0.25) is 5.91 Å². The Labute approximate surface area is 153 Å². The Kier molecular flexibility index (Phi) is 4.44. The maximum atomic E-state index is 12.7. The molecule has 2 aromatic carbocycles. The van der Waals surface area contributed by atoms with Crippen molar-refractivity contribution in [3.05, 3.63) is 47.5 Å². The van der Waals surface area contributed by atoms with E-state index >= 15 is 0 Å². The molecule has 0 saturated heterocycles. The van der Waals surface area contributed by atoms with Gasteiger partial charge in [0.05, 0.1) is 21.7 Å². The highest BCUT2D eigenvalue weighted by molar-refractivity contribution is 7.92. The van der Waals surface area contributed by atoms with E-state index in [4.69, 9.17) is 4.74 Å². The van der Waals surface area contributed by atoms with Gasteiger partial charge >= 0.3 is 0 Å². The van der Waals surface area contributed by atoms with Crippen molar-refractivity contribution < 1.29 is 17.9 Å². The monoisotopic (exact) mass is 374 g/mol. The van der Waals surface area contributed by atoms with E-state index in [1.165, 1.54) is 0 Å². The Morgan fingerprint density at radius 1 is 1.12 bits per heavy atom. The third kappa shape index (κ3) is 3.53. The van der Waals surface area contributed by atoms with Crippen LogP contribution >= 0.6 is 0 Å². The van der Waals surface area contributed by atoms with Crippen LogP contribution in [0.3, 0.4) is 0 Å². The molecular weight excluding hydrogens is 352 g/mol. The van der Waals surface area contributed by atoms with Crippen molar-refractivity contribution in [1.29, 1.82) is 0 Å². The summed E-state index contributed by atoms with van der Waals surface area (Å²) in [5.74, 6) is 0.337. The van der Waals surface area contributed by atoms with Gasteiger partial charge in [-0.25, -0.2) is 8.42 Å². The van der Waals surface area contributed by atoms with Crippen molar-refractivity contribution in [2.24, 2.45) is 5.41 Å². The van der Waals surface area contributed by atoms with Crippen molar-refractivity contribution in [3.8, 4) is 5.75 Å². The van der Waals surface area contributed by atoms with E-state index in [-0.39, 0.29) is 17.4 Å². The lowest BCUT2D eigenvalue weighted by Crippen LogP contribution is -2.33. The summed E-state index contributed by atoms with van der Waals surface area (Å²) in [6, 6.07) is 10.00. The van der Waals surface area contributed by atoms with Crippen LogP contribution in [0.25, 0.3) is 0 Å². The van der Waals surface area contributed by atoms with E-state index in [2.05, 4.69) is 10.0 Å². The maximum absolute atomic E-state index is 12.7. The Morgan fingerprint density at radius 3 is 2.54 bits per heavy atom. The number of hydrogen-bond acceptors (Lipinski definition) is 4. The third-order valence-corrected chi connectivity index (χ3v) is 5.84. The van der Waals surface area contributed by atoms with E-state index in [0.717, 1.165) is 5.56 Å². The summed E-state index contributed by atoms with van der Waals surface area (Å²) >= 11 is 0. The fourth-order valence-corrected chi connectivity index (χ4v) is 4.02. The molecule has 0 aliphatic carbocycles. The summed E-state index contributed by atoms with van der Waals surface area (Å²) in [4.78, 5) is 12.5. The van der Waals surface area contributed by atoms with Crippen LogP contribution in [0.5, 0.6) is 5.75 Å². The summed E-state index contributed by atoms with van der Waals surface area (Å²) in [7, 11) is -3.74. The van der Waals surface area contributed by atoms with Crippen LogP contribution < -0.4 is 14.8 Å². The lowest BCUT2D eigenvalue weighted by Gasteiger charge is -2.18. The minimum Gasteiger partial charge on any atom is -0.490 e. The number of fused-ring (bicyclic) bond motifs is 1. The molecule has 2 N–H and O–H groups in total. The average molecular weight is 374 g/mol. The molecule has 1 amide bonds. The largest absolute Gasteiger partial charge is 0.490 e. The van der Waals surface area contributed by atoms with Crippen molar-refractivity contribution in [2.45, 2.75) is 32.6 Å². The minimum atomic E-state index is -3.74. The molecule has 3 rings (SSSR count). The van der Waals surface area contributed by atoms with Crippen LogP contribution in [-0.4, -0.2) is 20.9 Å². The highest BCUT2D eigenvalue weighted by Crippen LogP contribution is 2.34. The fourth-order valence-electron chi connectivity index (χ4n) is 2.74. The first kappa shape index (κ1) is 18.3. The van der Waals surface area contributed by atoms with Crippen molar-refractivity contribution >= 4 is 27.3 Å². The molecular formula is C19H22N2O4S. The molecule has 0 atom stereocenters. The van der Waals surface area contributed by atoms with Crippen LogP contribution in [0.2, 0.25) is 0 Å². The molecule has 1 aliphatic heterocycles. The molecule has 1 aliphatic rings. The van der Waals surface area contributed by atoms with Crippen LogP contribution in [0.1, 0.15) is 25.0 Å². The summed E-state index contributed by atoms with van der Waals surface area (Å²) in [5.41, 5.74) is 1.80. The second-order valence-corrected chi connectivity index (χ2v) is 8.86. The lowest BCUT2D eigenvalue weighted by molar-refractivity contribution is -0.124. The maximum Gasteiger partial charge on any atom is 0.262 e.